The Hall–Kier alpha value is -2.77. The lowest BCUT2D eigenvalue weighted by atomic mass is 10.3. The number of esters is 1. The third kappa shape index (κ3) is 4.90. The molecule has 27 heavy (non-hydrogen) atoms. The van der Waals surface area contributed by atoms with Crippen LogP contribution in [-0.2, 0) is 16.1 Å². The first-order valence-corrected chi connectivity index (χ1v) is 8.71. The van der Waals surface area contributed by atoms with Gasteiger partial charge in [-0.1, -0.05) is 23.2 Å². The molecule has 1 atom stereocenters. The van der Waals surface area contributed by atoms with E-state index in [1.807, 2.05) is 0 Å². The number of anilines is 1. The molecule has 0 radical (unpaired) electrons. The fraction of sp³-hybridized carbons (Fsp3) is 0.167. The molecule has 2 heterocycles. The second kappa shape index (κ2) is 8.28. The van der Waals surface area contributed by atoms with Gasteiger partial charge in [0, 0.05) is 17.4 Å². The van der Waals surface area contributed by atoms with E-state index < -0.39 is 18.0 Å². The summed E-state index contributed by atoms with van der Waals surface area (Å²) in [5.74, 6) is -0.761. The molecule has 1 unspecified atom stereocenters. The number of furan rings is 1. The van der Waals surface area contributed by atoms with Crippen LogP contribution in [-0.4, -0.2) is 27.8 Å². The van der Waals surface area contributed by atoms with Crippen molar-refractivity contribution < 1.29 is 18.7 Å². The van der Waals surface area contributed by atoms with Gasteiger partial charge in [-0.15, -0.1) is 0 Å². The van der Waals surface area contributed by atoms with Gasteiger partial charge in [0.2, 0.25) is 5.76 Å². The topological polar surface area (TPSA) is 86.4 Å². The molecule has 1 N–H and O–H groups in total. The van der Waals surface area contributed by atoms with Crippen LogP contribution in [0.5, 0.6) is 0 Å². The van der Waals surface area contributed by atoms with Gasteiger partial charge in [0.15, 0.2) is 6.10 Å². The molecule has 0 bridgehead atoms. The van der Waals surface area contributed by atoms with Gasteiger partial charge in [-0.25, -0.2) is 4.79 Å². The number of nitrogens with one attached hydrogen (secondary N) is 1. The van der Waals surface area contributed by atoms with E-state index in [4.69, 9.17) is 32.4 Å². The van der Waals surface area contributed by atoms with Crippen molar-refractivity contribution in [3.8, 4) is 0 Å². The van der Waals surface area contributed by atoms with Crippen molar-refractivity contribution in [2.75, 3.05) is 5.32 Å². The molecule has 0 spiro atoms. The number of halogens is 2. The van der Waals surface area contributed by atoms with Gasteiger partial charge < -0.3 is 14.5 Å². The Balaban J connectivity index is 1.59. The summed E-state index contributed by atoms with van der Waals surface area (Å²) in [6, 6.07) is 9.57. The van der Waals surface area contributed by atoms with Crippen LogP contribution in [0.2, 0.25) is 10.0 Å². The molecule has 2 aromatic heterocycles. The van der Waals surface area contributed by atoms with E-state index >= 15 is 0 Å². The summed E-state index contributed by atoms with van der Waals surface area (Å²) in [6.45, 7) is 1.82. The molecular formula is C18H15Cl2N3O4. The van der Waals surface area contributed by atoms with E-state index in [1.54, 1.807) is 41.3 Å². The number of carbonyl (C=O) groups excluding carboxylic acids is 2. The van der Waals surface area contributed by atoms with Gasteiger partial charge in [-0.3, -0.25) is 9.48 Å². The fourth-order valence-corrected chi connectivity index (χ4v) is 2.56. The maximum absolute atomic E-state index is 12.2. The Bertz CT molecular complexity index is 953. The first kappa shape index (κ1) is 19.0. The van der Waals surface area contributed by atoms with Crippen molar-refractivity contribution in [1.82, 2.24) is 9.78 Å². The molecule has 0 aliphatic carbocycles. The van der Waals surface area contributed by atoms with Crippen molar-refractivity contribution in [2.24, 2.45) is 0 Å². The van der Waals surface area contributed by atoms with Crippen molar-refractivity contribution in [2.45, 2.75) is 19.6 Å². The number of hydrogen-bond acceptors (Lipinski definition) is 5. The average molecular weight is 408 g/mol. The lowest BCUT2D eigenvalue weighted by Crippen LogP contribution is -2.30. The third-order valence-corrected chi connectivity index (χ3v) is 4.14. The van der Waals surface area contributed by atoms with E-state index in [-0.39, 0.29) is 5.76 Å². The highest BCUT2D eigenvalue weighted by Crippen LogP contribution is 2.25. The smallest absolute Gasteiger partial charge is 0.375 e. The Kier molecular flexibility index (Phi) is 5.83. The summed E-state index contributed by atoms with van der Waals surface area (Å²) in [4.78, 5) is 24.4. The molecule has 7 nitrogen and oxygen atoms in total. The van der Waals surface area contributed by atoms with E-state index in [0.29, 0.717) is 28.0 Å². The van der Waals surface area contributed by atoms with Crippen molar-refractivity contribution >= 4 is 40.8 Å². The minimum Gasteiger partial charge on any atom is -0.452 e. The molecular weight excluding hydrogens is 393 g/mol. The molecule has 0 saturated heterocycles. The monoisotopic (exact) mass is 407 g/mol. The average Bonchev–Trinajstić information content (AvgIpc) is 3.30. The summed E-state index contributed by atoms with van der Waals surface area (Å²) >= 11 is 11.9. The molecule has 0 aliphatic rings. The zero-order chi connectivity index (χ0) is 19.4. The van der Waals surface area contributed by atoms with Gasteiger partial charge >= 0.3 is 5.97 Å². The molecule has 3 rings (SSSR count). The zero-order valence-electron chi connectivity index (χ0n) is 14.2. The molecule has 1 aromatic carbocycles. The van der Waals surface area contributed by atoms with Crippen LogP contribution in [0.15, 0.2) is 53.2 Å². The summed E-state index contributed by atoms with van der Waals surface area (Å²) in [6.07, 6.45) is 2.35. The molecule has 0 saturated carbocycles. The van der Waals surface area contributed by atoms with Crippen molar-refractivity contribution in [3.63, 3.8) is 0 Å². The Morgan fingerprint density at radius 3 is 2.85 bits per heavy atom. The molecule has 9 heteroatoms. The SMILES string of the molecule is CC(OC(=O)c1ccc(Cn2cccn2)o1)C(=O)Nc1cc(Cl)ccc1Cl. The predicted octanol–water partition coefficient (Wildman–Crippen LogP) is 4.02. The normalized spacial score (nSPS) is 11.8. The van der Waals surface area contributed by atoms with E-state index in [2.05, 4.69) is 10.4 Å². The highest BCUT2D eigenvalue weighted by molar-refractivity contribution is 6.35. The minimum absolute atomic E-state index is 0.00223. The second-order valence-electron chi connectivity index (χ2n) is 5.63. The van der Waals surface area contributed by atoms with E-state index in [1.165, 1.54) is 19.1 Å². The number of aromatic nitrogens is 2. The van der Waals surface area contributed by atoms with Gasteiger partial charge in [-0.05, 0) is 43.3 Å². The first-order chi connectivity index (χ1) is 12.9. The van der Waals surface area contributed by atoms with Crippen LogP contribution in [0.4, 0.5) is 5.69 Å². The summed E-state index contributed by atoms with van der Waals surface area (Å²) in [5.41, 5.74) is 0.330. The minimum atomic E-state index is -1.06. The van der Waals surface area contributed by atoms with Gasteiger partial charge in [0.25, 0.3) is 5.91 Å². The zero-order valence-corrected chi connectivity index (χ0v) is 15.7. The van der Waals surface area contributed by atoms with Gasteiger partial charge in [0.1, 0.15) is 5.76 Å². The highest BCUT2D eigenvalue weighted by atomic mass is 35.5. The Labute approximate surface area is 164 Å². The Morgan fingerprint density at radius 2 is 2.11 bits per heavy atom. The Morgan fingerprint density at radius 1 is 1.30 bits per heavy atom. The largest absolute Gasteiger partial charge is 0.452 e. The summed E-state index contributed by atoms with van der Waals surface area (Å²) in [7, 11) is 0. The number of rotatable bonds is 6. The molecule has 140 valence electrons. The molecule has 0 aliphatic heterocycles. The number of amides is 1. The number of carbonyl (C=O) groups is 2. The van der Waals surface area contributed by atoms with Crippen molar-refractivity contribution in [1.29, 1.82) is 0 Å². The van der Waals surface area contributed by atoms with Gasteiger partial charge in [0.05, 0.1) is 17.3 Å². The molecule has 3 aromatic rings. The van der Waals surface area contributed by atoms with Crippen LogP contribution < -0.4 is 5.32 Å². The van der Waals surface area contributed by atoms with Crippen LogP contribution in [0, 0.1) is 0 Å². The van der Waals surface area contributed by atoms with Crippen LogP contribution >= 0.6 is 23.2 Å². The summed E-state index contributed by atoms with van der Waals surface area (Å²) < 4.78 is 12.2. The number of hydrogen-bond donors (Lipinski definition) is 1. The van der Waals surface area contributed by atoms with Crippen LogP contribution in [0.3, 0.4) is 0 Å². The number of nitrogens with zero attached hydrogens (tertiary/aromatic N) is 2. The number of benzene rings is 1. The maximum Gasteiger partial charge on any atom is 0.375 e. The molecule has 0 fully saturated rings. The van der Waals surface area contributed by atoms with E-state index in [0.717, 1.165) is 0 Å². The standard InChI is InChI=1S/C18H15Cl2N3O4/c1-11(17(24)22-15-9-12(19)3-5-14(15)20)26-18(25)16-6-4-13(27-16)10-23-8-2-7-21-23/h2-9,11H,10H2,1H3,(H,22,24). The molecule has 1 amide bonds. The third-order valence-electron chi connectivity index (χ3n) is 3.58. The van der Waals surface area contributed by atoms with Crippen molar-refractivity contribution in [3.05, 3.63) is 70.4 Å². The van der Waals surface area contributed by atoms with Gasteiger partial charge in [-0.2, -0.15) is 5.10 Å². The quantitative estimate of drug-likeness (QED) is 0.623. The first-order valence-electron chi connectivity index (χ1n) is 7.95. The number of ether oxygens (including phenoxy) is 1. The second-order valence-corrected chi connectivity index (χ2v) is 6.47. The maximum atomic E-state index is 12.2. The van der Waals surface area contributed by atoms with E-state index in [9.17, 15) is 9.59 Å². The van der Waals surface area contributed by atoms with Crippen LogP contribution in [0.25, 0.3) is 0 Å². The lowest BCUT2D eigenvalue weighted by Gasteiger charge is -2.13. The predicted molar refractivity (Wildman–Crippen MR) is 100 cm³/mol. The van der Waals surface area contributed by atoms with Crippen LogP contribution in [0.1, 0.15) is 23.2 Å². The lowest BCUT2D eigenvalue weighted by molar-refractivity contribution is -0.123. The highest BCUT2D eigenvalue weighted by Gasteiger charge is 2.22. The fourth-order valence-electron chi connectivity index (χ4n) is 2.23. The summed E-state index contributed by atoms with van der Waals surface area (Å²) in [5, 5.41) is 7.36.